The molecule has 1 heterocycles. The number of nitrogens with zero attached hydrogens (tertiary/aromatic N) is 2. The van der Waals surface area contributed by atoms with Gasteiger partial charge in [-0.05, 0) is 84.7 Å². The summed E-state index contributed by atoms with van der Waals surface area (Å²) in [6, 6.07) is 24.2. The second-order valence-electron chi connectivity index (χ2n) is 11.1. The highest BCUT2D eigenvalue weighted by Gasteiger charge is 2.24. The molecular formula is C35H40FN3O4. The zero-order valence-corrected chi connectivity index (χ0v) is 25.5. The number of halogens is 1. The molecule has 226 valence electrons. The summed E-state index contributed by atoms with van der Waals surface area (Å²) in [5.41, 5.74) is 6.34. The average Bonchev–Trinajstić information content (AvgIpc) is 3.49. The second-order valence-corrected chi connectivity index (χ2v) is 11.1. The minimum atomic E-state index is -0.626. The Morgan fingerprint density at radius 1 is 0.930 bits per heavy atom. The molecule has 4 rings (SSSR count). The highest BCUT2D eigenvalue weighted by Crippen LogP contribution is 2.29. The zero-order chi connectivity index (χ0) is 30.8. The van der Waals surface area contributed by atoms with E-state index >= 15 is 0 Å². The van der Waals surface area contributed by atoms with Crippen molar-refractivity contribution in [3.8, 4) is 5.75 Å². The van der Waals surface area contributed by atoms with Gasteiger partial charge < -0.3 is 14.3 Å². The average molecular weight is 586 g/mol. The number of carbonyl (C=O) groups excluding carboxylic acids is 1. The van der Waals surface area contributed by atoms with Gasteiger partial charge in [-0.2, -0.15) is 5.10 Å². The van der Waals surface area contributed by atoms with E-state index in [4.69, 9.17) is 14.3 Å². The smallest absolute Gasteiger partial charge is 0.314 e. The molecule has 2 atom stereocenters. The van der Waals surface area contributed by atoms with Crippen LogP contribution in [0.2, 0.25) is 0 Å². The molecular weight excluding hydrogens is 545 g/mol. The first kappa shape index (κ1) is 31.5. The number of esters is 1. The van der Waals surface area contributed by atoms with E-state index in [1.165, 1.54) is 24.8 Å². The number of methoxy groups -OCH3 is 1. The number of nitrogens with one attached hydrogen (secondary N) is 1. The van der Waals surface area contributed by atoms with Crippen LogP contribution in [0.5, 0.6) is 5.75 Å². The molecule has 0 saturated carbocycles. The first-order chi connectivity index (χ1) is 20.7. The van der Waals surface area contributed by atoms with Gasteiger partial charge >= 0.3 is 5.97 Å². The van der Waals surface area contributed by atoms with Gasteiger partial charge in [-0.25, -0.2) is 4.39 Å². The Labute approximate surface area is 253 Å². The number of carbonyl (C=O) groups is 1. The van der Waals surface area contributed by atoms with Gasteiger partial charge in [0.15, 0.2) is 6.10 Å². The topological polar surface area (TPSA) is 85.8 Å². The van der Waals surface area contributed by atoms with Gasteiger partial charge in [-0.15, -0.1) is 0 Å². The molecule has 0 amide bonds. The Morgan fingerprint density at radius 2 is 1.56 bits per heavy atom. The Kier molecular flexibility index (Phi) is 11.1. The molecule has 1 aromatic heterocycles. The Hall–Kier alpha value is -4.46. The predicted octanol–water partition coefficient (Wildman–Crippen LogP) is 7.40. The van der Waals surface area contributed by atoms with E-state index < -0.39 is 11.9 Å². The molecule has 0 aliphatic rings. The van der Waals surface area contributed by atoms with Crippen LogP contribution in [0.4, 0.5) is 4.39 Å². The van der Waals surface area contributed by atoms with Gasteiger partial charge in [0.2, 0.25) is 0 Å². The molecule has 0 aliphatic carbocycles. The van der Waals surface area contributed by atoms with E-state index in [2.05, 4.69) is 60.4 Å². The van der Waals surface area contributed by atoms with Crippen molar-refractivity contribution in [2.45, 2.75) is 59.7 Å². The third-order valence-corrected chi connectivity index (χ3v) is 7.19. The summed E-state index contributed by atoms with van der Waals surface area (Å²) in [7, 11) is 1.35. The minimum absolute atomic E-state index is 0.162. The van der Waals surface area contributed by atoms with Crippen LogP contribution in [0.25, 0.3) is 0 Å². The zero-order valence-electron chi connectivity index (χ0n) is 25.5. The molecule has 0 saturated heterocycles. The first-order valence-electron chi connectivity index (χ1n) is 14.6. The maximum atomic E-state index is 13.2. The van der Waals surface area contributed by atoms with Gasteiger partial charge in [0, 0.05) is 5.69 Å². The largest absolute Gasteiger partial charge is 0.479 e. The summed E-state index contributed by atoms with van der Waals surface area (Å²) >= 11 is 0. The van der Waals surface area contributed by atoms with E-state index in [0.29, 0.717) is 23.8 Å². The maximum Gasteiger partial charge on any atom is 0.314 e. The van der Waals surface area contributed by atoms with Crippen LogP contribution in [0.15, 0.2) is 84.0 Å². The van der Waals surface area contributed by atoms with Gasteiger partial charge in [0.05, 0.1) is 12.8 Å². The summed E-state index contributed by atoms with van der Waals surface area (Å²) in [6.07, 6.45) is 1.86. The quantitative estimate of drug-likeness (QED) is 0.0947. The number of ether oxygens (including phenoxy) is 2. The Balaban J connectivity index is 1.47. The normalized spacial score (nSPS) is 13.0. The number of H-pyrrole nitrogens is 1. The lowest BCUT2D eigenvalue weighted by atomic mass is 9.95. The van der Waals surface area contributed by atoms with Crippen LogP contribution >= 0.6 is 0 Å². The van der Waals surface area contributed by atoms with Gasteiger partial charge in [0.25, 0.3) is 0 Å². The molecule has 3 aromatic carbocycles. The molecule has 0 spiro atoms. The molecule has 0 fully saturated rings. The lowest BCUT2D eigenvalue weighted by Crippen LogP contribution is -2.26. The number of hydrogen-bond donors (Lipinski definition) is 1. The summed E-state index contributed by atoms with van der Waals surface area (Å²) in [5.74, 6) is -0.0817. The molecule has 0 aliphatic heterocycles. The van der Waals surface area contributed by atoms with Crippen LogP contribution in [0.1, 0.15) is 67.4 Å². The number of rotatable bonds is 14. The number of hydrogen-bond acceptors (Lipinski definition) is 6. The highest BCUT2D eigenvalue weighted by molar-refractivity contribution is 6.00. The molecule has 2 unspecified atom stereocenters. The van der Waals surface area contributed by atoms with E-state index in [9.17, 15) is 9.18 Å². The molecule has 7 nitrogen and oxygen atoms in total. The number of aromatic nitrogens is 2. The van der Waals surface area contributed by atoms with Crippen molar-refractivity contribution in [3.63, 3.8) is 0 Å². The van der Waals surface area contributed by atoms with Crippen LogP contribution in [-0.2, 0) is 40.2 Å². The molecule has 0 radical (unpaired) electrons. The Bertz CT molecular complexity index is 1480. The number of benzene rings is 3. The summed E-state index contributed by atoms with van der Waals surface area (Å²) in [4.78, 5) is 18.1. The highest BCUT2D eigenvalue weighted by atomic mass is 19.1. The van der Waals surface area contributed by atoms with E-state index in [-0.39, 0.29) is 18.5 Å². The number of oxime groups is 1. The maximum absolute atomic E-state index is 13.2. The third-order valence-electron chi connectivity index (χ3n) is 7.19. The van der Waals surface area contributed by atoms with Crippen molar-refractivity contribution in [2.75, 3.05) is 7.11 Å². The molecule has 4 aromatic rings. The molecule has 1 N–H and O–H groups in total. The Morgan fingerprint density at radius 3 is 2.16 bits per heavy atom. The standard InChI is InChI=1S/C35H40FN3O4/c1-6-30-21-33(38-37-30)34(28-13-7-25(8-14-28)19-23(2)3)43-31-17-11-26(12-18-31)20-32(35(40)41-5)24(4)39-42-22-27-9-15-29(36)16-10-27/h7-18,21,23,32,34H,6,19-20,22H2,1-5H3,(H,37,38). The van der Waals surface area contributed by atoms with E-state index in [1.807, 2.05) is 30.3 Å². The van der Waals surface area contributed by atoms with E-state index in [1.54, 1.807) is 19.1 Å². The van der Waals surface area contributed by atoms with Crippen molar-refractivity contribution >= 4 is 11.7 Å². The van der Waals surface area contributed by atoms with Crippen molar-refractivity contribution in [1.82, 2.24) is 10.2 Å². The van der Waals surface area contributed by atoms with Gasteiger partial charge in [-0.1, -0.05) is 74.5 Å². The monoisotopic (exact) mass is 585 g/mol. The predicted molar refractivity (Wildman–Crippen MR) is 165 cm³/mol. The van der Waals surface area contributed by atoms with Crippen molar-refractivity contribution in [3.05, 3.63) is 118 Å². The second kappa shape index (κ2) is 15.1. The fourth-order valence-corrected chi connectivity index (χ4v) is 4.77. The van der Waals surface area contributed by atoms with Crippen LogP contribution in [-0.4, -0.2) is 29.0 Å². The SMILES string of the molecule is CCc1cc(C(Oc2ccc(CC(C(=O)OC)C(C)=NOCc3ccc(F)cc3)cc2)c2ccc(CC(C)C)cc2)n[nH]1. The van der Waals surface area contributed by atoms with Crippen molar-refractivity contribution in [1.29, 1.82) is 0 Å². The summed E-state index contributed by atoms with van der Waals surface area (Å²) in [5, 5.41) is 11.8. The summed E-state index contributed by atoms with van der Waals surface area (Å²) < 4.78 is 24.7. The first-order valence-corrected chi connectivity index (χ1v) is 14.6. The minimum Gasteiger partial charge on any atom is -0.479 e. The van der Waals surface area contributed by atoms with Crippen molar-refractivity contribution < 1.29 is 23.5 Å². The van der Waals surface area contributed by atoms with Crippen LogP contribution in [0.3, 0.4) is 0 Å². The molecule has 43 heavy (non-hydrogen) atoms. The fraction of sp³-hybridized carbons (Fsp3) is 0.343. The fourth-order valence-electron chi connectivity index (χ4n) is 4.77. The lowest BCUT2D eigenvalue weighted by Gasteiger charge is -2.19. The van der Waals surface area contributed by atoms with Gasteiger partial charge in [0.1, 0.15) is 29.8 Å². The van der Waals surface area contributed by atoms with Crippen molar-refractivity contribution in [2.24, 2.45) is 17.0 Å². The van der Waals surface area contributed by atoms with Gasteiger partial charge in [-0.3, -0.25) is 9.89 Å². The third kappa shape index (κ3) is 9.01. The molecule has 8 heteroatoms. The van der Waals surface area contributed by atoms with E-state index in [0.717, 1.165) is 40.9 Å². The number of aryl methyl sites for hydroxylation is 1. The van der Waals surface area contributed by atoms with Crippen LogP contribution in [0, 0.1) is 17.7 Å². The summed E-state index contributed by atoms with van der Waals surface area (Å²) in [6.45, 7) is 8.40. The number of aromatic amines is 1. The van der Waals surface area contributed by atoms with Crippen LogP contribution < -0.4 is 4.74 Å². The lowest BCUT2D eigenvalue weighted by molar-refractivity contribution is -0.143. The molecule has 0 bridgehead atoms.